The van der Waals surface area contributed by atoms with E-state index in [0.29, 0.717) is 5.92 Å². The number of piperidine rings is 1. The number of hydrogen-bond donors (Lipinski definition) is 1. The molecule has 1 aromatic carbocycles. The fourth-order valence-corrected chi connectivity index (χ4v) is 2.86. The quantitative estimate of drug-likeness (QED) is 0.862. The molecule has 2 fully saturated rings. The number of aliphatic hydroxyl groups excluding tert-OH is 1. The zero-order valence-electron chi connectivity index (χ0n) is 10.5. The minimum Gasteiger partial charge on any atom is -0.393 e. The molecule has 3 nitrogen and oxygen atoms in total. The first-order valence-electron chi connectivity index (χ1n) is 6.77. The van der Waals surface area contributed by atoms with Gasteiger partial charge in [-0.1, -0.05) is 30.3 Å². The molecule has 1 N–H and O–H groups in total. The van der Waals surface area contributed by atoms with Gasteiger partial charge in [-0.05, 0) is 30.7 Å². The van der Waals surface area contributed by atoms with Crippen LogP contribution >= 0.6 is 0 Å². The Morgan fingerprint density at radius 3 is 2.50 bits per heavy atom. The highest BCUT2D eigenvalue weighted by Crippen LogP contribution is 2.48. The molecule has 3 heteroatoms. The van der Waals surface area contributed by atoms with Crippen LogP contribution in [0.4, 0.5) is 0 Å². The van der Waals surface area contributed by atoms with Crippen molar-refractivity contribution in [1.29, 1.82) is 0 Å². The molecule has 1 amide bonds. The summed E-state index contributed by atoms with van der Waals surface area (Å²) in [7, 11) is 0. The maximum atomic E-state index is 12.3. The third-order valence-electron chi connectivity index (χ3n) is 4.11. The number of likely N-dealkylation sites (tertiary alicyclic amines) is 1. The highest BCUT2D eigenvalue weighted by Gasteiger charge is 2.45. The lowest BCUT2D eigenvalue weighted by Gasteiger charge is -2.29. The maximum absolute atomic E-state index is 12.3. The Kier molecular flexibility index (Phi) is 3.08. The lowest BCUT2D eigenvalue weighted by molar-refractivity contribution is -0.134. The summed E-state index contributed by atoms with van der Waals surface area (Å²) in [6.45, 7) is 1.44. The van der Waals surface area contributed by atoms with Crippen molar-refractivity contribution >= 4 is 5.91 Å². The summed E-state index contributed by atoms with van der Waals surface area (Å²) in [5, 5.41) is 9.45. The number of benzene rings is 1. The monoisotopic (exact) mass is 245 g/mol. The van der Waals surface area contributed by atoms with Crippen molar-refractivity contribution in [2.75, 3.05) is 13.1 Å². The molecule has 1 aromatic rings. The Balaban J connectivity index is 1.59. The van der Waals surface area contributed by atoms with Gasteiger partial charge in [0, 0.05) is 19.0 Å². The molecule has 18 heavy (non-hydrogen) atoms. The van der Waals surface area contributed by atoms with Crippen LogP contribution in [0.1, 0.15) is 30.7 Å². The van der Waals surface area contributed by atoms with E-state index in [4.69, 9.17) is 0 Å². The number of rotatable bonds is 2. The van der Waals surface area contributed by atoms with Crippen LogP contribution in [0.25, 0.3) is 0 Å². The molecule has 0 aromatic heterocycles. The second-order valence-corrected chi connectivity index (χ2v) is 5.42. The van der Waals surface area contributed by atoms with Crippen LogP contribution in [0.15, 0.2) is 30.3 Å². The zero-order chi connectivity index (χ0) is 12.5. The van der Waals surface area contributed by atoms with Crippen molar-refractivity contribution < 1.29 is 9.90 Å². The number of hydrogen-bond acceptors (Lipinski definition) is 2. The summed E-state index contributed by atoms with van der Waals surface area (Å²) in [6, 6.07) is 10.3. The number of nitrogens with zero attached hydrogens (tertiary/aromatic N) is 1. The molecule has 2 atom stereocenters. The van der Waals surface area contributed by atoms with Gasteiger partial charge in [0.25, 0.3) is 0 Å². The van der Waals surface area contributed by atoms with Gasteiger partial charge >= 0.3 is 0 Å². The summed E-state index contributed by atoms with van der Waals surface area (Å²) < 4.78 is 0. The van der Waals surface area contributed by atoms with E-state index in [1.165, 1.54) is 5.56 Å². The number of carbonyl (C=O) groups excluding carboxylic acids is 1. The molecule has 2 aliphatic rings. The van der Waals surface area contributed by atoms with Crippen LogP contribution in [0.5, 0.6) is 0 Å². The van der Waals surface area contributed by atoms with Crippen LogP contribution < -0.4 is 0 Å². The number of amides is 1. The highest BCUT2D eigenvalue weighted by atomic mass is 16.3. The topological polar surface area (TPSA) is 40.5 Å². The van der Waals surface area contributed by atoms with Gasteiger partial charge in [-0.25, -0.2) is 0 Å². The average Bonchev–Trinajstić information content (AvgIpc) is 3.20. The van der Waals surface area contributed by atoms with Crippen molar-refractivity contribution in [3.63, 3.8) is 0 Å². The summed E-state index contributed by atoms with van der Waals surface area (Å²) >= 11 is 0. The third-order valence-corrected chi connectivity index (χ3v) is 4.11. The second kappa shape index (κ2) is 4.73. The first kappa shape index (κ1) is 11.7. The van der Waals surface area contributed by atoms with Crippen LogP contribution in [0.3, 0.4) is 0 Å². The minimum absolute atomic E-state index is 0.183. The van der Waals surface area contributed by atoms with Crippen LogP contribution in [-0.4, -0.2) is 35.1 Å². The van der Waals surface area contributed by atoms with Crippen LogP contribution in [-0.2, 0) is 4.79 Å². The predicted octanol–water partition coefficient (Wildman–Crippen LogP) is 1.77. The Labute approximate surface area is 107 Å². The van der Waals surface area contributed by atoms with Crippen molar-refractivity contribution in [1.82, 2.24) is 4.90 Å². The Bertz CT molecular complexity index is 423. The first-order chi connectivity index (χ1) is 8.75. The molecule has 3 rings (SSSR count). The highest BCUT2D eigenvalue weighted by molar-refractivity contribution is 5.83. The molecule has 2 unspecified atom stereocenters. The summed E-state index contributed by atoms with van der Waals surface area (Å²) in [5.74, 6) is 0.893. The fraction of sp³-hybridized carbons (Fsp3) is 0.533. The maximum Gasteiger partial charge on any atom is 0.226 e. The van der Waals surface area contributed by atoms with Gasteiger partial charge < -0.3 is 10.0 Å². The van der Waals surface area contributed by atoms with E-state index in [1.807, 2.05) is 23.1 Å². The molecule has 1 saturated carbocycles. The average molecular weight is 245 g/mol. The first-order valence-corrected chi connectivity index (χ1v) is 6.77. The van der Waals surface area contributed by atoms with E-state index >= 15 is 0 Å². The molecule has 0 bridgehead atoms. The van der Waals surface area contributed by atoms with E-state index in [2.05, 4.69) is 12.1 Å². The van der Waals surface area contributed by atoms with Gasteiger partial charge in [-0.15, -0.1) is 0 Å². The Hall–Kier alpha value is -1.35. The van der Waals surface area contributed by atoms with E-state index in [0.717, 1.165) is 32.4 Å². The van der Waals surface area contributed by atoms with Crippen molar-refractivity contribution in [2.45, 2.75) is 31.3 Å². The molecular weight excluding hydrogens is 226 g/mol. The summed E-state index contributed by atoms with van der Waals surface area (Å²) in [5.41, 5.74) is 1.29. The second-order valence-electron chi connectivity index (χ2n) is 5.42. The van der Waals surface area contributed by atoms with Gasteiger partial charge in [-0.3, -0.25) is 4.79 Å². The number of aliphatic hydroxyl groups is 1. The third kappa shape index (κ3) is 2.27. The molecule has 0 radical (unpaired) electrons. The van der Waals surface area contributed by atoms with E-state index in [9.17, 15) is 9.90 Å². The lowest BCUT2D eigenvalue weighted by atomic mass is 10.1. The van der Waals surface area contributed by atoms with E-state index in [1.54, 1.807) is 0 Å². The van der Waals surface area contributed by atoms with Crippen molar-refractivity contribution in [3.05, 3.63) is 35.9 Å². The molecular formula is C15H19NO2. The smallest absolute Gasteiger partial charge is 0.226 e. The van der Waals surface area contributed by atoms with Crippen LogP contribution in [0, 0.1) is 5.92 Å². The molecule has 1 heterocycles. The Morgan fingerprint density at radius 1 is 1.17 bits per heavy atom. The molecule has 96 valence electrons. The molecule has 1 aliphatic heterocycles. The predicted molar refractivity (Wildman–Crippen MR) is 69.1 cm³/mol. The normalized spacial score (nSPS) is 28.2. The number of carbonyl (C=O) groups is 1. The van der Waals surface area contributed by atoms with Gasteiger partial charge in [0.1, 0.15) is 0 Å². The minimum atomic E-state index is -0.210. The largest absolute Gasteiger partial charge is 0.393 e. The van der Waals surface area contributed by atoms with Gasteiger partial charge in [0.05, 0.1) is 6.10 Å². The van der Waals surface area contributed by atoms with Gasteiger partial charge in [0.15, 0.2) is 0 Å². The standard InChI is InChI=1S/C15H19NO2/c17-12-6-8-16(9-7-12)15(18)14-10-13(14)11-4-2-1-3-5-11/h1-5,12-14,17H,6-10H2. The van der Waals surface area contributed by atoms with E-state index < -0.39 is 0 Å². The van der Waals surface area contributed by atoms with Gasteiger partial charge in [-0.2, -0.15) is 0 Å². The van der Waals surface area contributed by atoms with E-state index in [-0.39, 0.29) is 17.9 Å². The van der Waals surface area contributed by atoms with Gasteiger partial charge in [0.2, 0.25) is 5.91 Å². The van der Waals surface area contributed by atoms with Crippen LogP contribution in [0.2, 0.25) is 0 Å². The summed E-state index contributed by atoms with van der Waals surface area (Å²) in [6.07, 6.45) is 2.24. The molecule has 0 spiro atoms. The Morgan fingerprint density at radius 2 is 1.83 bits per heavy atom. The SMILES string of the molecule is O=C(C1CC1c1ccccc1)N1CCC(O)CC1. The fourth-order valence-electron chi connectivity index (χ4n) is 2.86. The molecule has 1 aliphatic carbocycles. The lowest BCUT2D eigenvalue weighted by Crippen LogP contribution is -2.41. The van der Waals surface area contributed by atoms with Crippen molar-refractivity contribution in [2.24, 2.45) is 5.92 Å². The zero-order valence-corrected chi connectivity index (χ0v) is 10.5. The molecule has 1 saturated heterocycles. The summed E-state index contributed by atoms with van der Waals surface area (Å²) in [4.78, 5) is 14.2. The van der Waals surface area contributed by atoms with Crippen molar-refractivity contribution in [3.8, 4) is 0 Å².